The van der Waals surface area contributed by atoms with Crippen LogP contribution in [-0.2, 0) is 4.74 Å². The summed E-state index contributed by atoms with van der Waals surface area (Å²) in [6.07, 6.45) is 1.05. The molecule has 0 N–H and O–H groups in total. The quantitative estimate of drug-likeness (QED) is 0.841. The number of amides is 1. The summed E-state index contributed by atoms with van der Waals surface area (Å²) in [6, 6.07) is 8.64. The van der Waals surface area contributed by atoms with Crippen LogP contribution in [0.4, 0.5) is 0 Å². The highest BCUT2D eigenvalue weighted by Crippen LogP contribution is 2.27. The lowest BCUT2D eigenvalue weighted by atomic mass is 9.96. The van der Waals surface area contributed by atoms with Gasteiger partial charge in [-0.1, -0.05) is 12.1 Å². The maximum Gasteiger partial charge on any atom is 0.254 e. The van der Waals surface area contributed by atoms with Gasteiger partial charge in [-0.2, -0.15) is 0 Å². The van der Waals surface area contributed by atoms with E-state index in [1.807, 2.05) is 17.0 Å². The van der Waals surface area contributed by atoms with Gasteiger partial charge in [0.25, 0.3) is 5.91 Å². The highest BCUT2D eigenvalue weighted by molar-refractivity contribution is 5.95. The van der Waals surface area contributed by atoms with Gasteiger partial charge in [0.05, 0.1) is 6.61 Å². The minimum Gasteiger partial charge on any atom is -0.381 e. The van der Waals surface area contributed by atoms with Crippen molar-refractivity contribution in [2.75, 3.05) is 33.4 Å². The average Bonchev–Trinajstić information content (AvgIpc) is 3.00. The number of nitrogens with zero attached hydrogens (tertiary/aromatic N) is 2. The standard InChI is InChI=1S/C18H26N2O2/c1-13-10-19(3)11-14(2)20(13)18(21)16-6-4-5-15(9-16)17-7-8-22-12-17/h4-6,9,13-14,17H,7-8,10-12H2,1-3H3/t13-,14-,17-/m1/s1. The smallest absolute Gasteiger partial charge is 0.254 e. The second-order valence-corrected chi connectivity index (χ2v) is 6.82. The van der Waals surface area contributed by atoms with Crippen LogP contribution in [0.5, 0.6) is 0 Å². The molecule has 2 heterocycles. The summed E-state index contributed by atoms with van der Waals surface area (Å²) >= 11 is 0. The molecule has 0 aliphatic carbocycles. The number of likely N-dealkylation sites (N-methyl/N-ethyl adjacent to an activating group) is 1. The summed E-state index contributed by atoms with van der Waals surface area (Å²) in [5.74, 6) is 0.601. The molecule has 0 unspecified atom stereocenters. The topological polar surface area (TPSA) is 32.8 Å². The van der Waals surface area contributed by atoms with Crippen molar-refractivity contribution in [2.24, 2.45) is 0 Å². The number of ether oxygens (including phenoxy) is 1. The SMILES string of the molecule is C[C@@H]1CN(C)C[C@@H](C)N1C(=O)c1cccc([C@@H]2CCOC2)c1. The fourth-order valence-electron chi connectivity index (χ4n) is 3.86. The summed E-state index contributed by atoms with van der Waals surface area (Å²) in [4.78, 5) is 17.3. The van der Waals surface area contributed by atoms with Crippen molar-refractivity contribution < 1.29 is 9.53 Å². The molecular formula is C18H26N2O2. The van der Waals surface area contributed by atoms with Crippen molar-refractivity contribution in [2.45, 2.75) is 38.3 Å². The van der Waals surface area contributed by atoms with E-state index in [9.17, 15) is 4.79 Å². The average molecular weight is 302 g/mol. The van der Waals surface area contributed by atoms with E-state index in [2.05, 4.69) is 37.9 Å². The Hall–Kier alpha value is -1.39. The molecule has 0 spiro atoms. The predicted octanol–water partition coefficient (Wildman–Crippen LogP) is 2.36. The van der Waals surface area contributed by atoms with Gasteiger partial charge < -0.3 is 14.5 Å². The van der Waals surface area contributed by atoms with Gasteiger partial charge in [0.2, 0.25) is 0 Å². The molecule has 2 fully saturated rings. The predicted molar refractivity (Wildman–Crippen MR) is 87.2 cm³/mol. The molecule has 3 rings (SSSR count). The first-order valence-corrected chi connectivity index (χ1v) is 8.25. The van der Waals surface area contributed by atoms with E-state index in [0.29, 0.717) is 5.92 Å². The maximum atomic E-state index is 13.0. The van der Waals surface area contributed by atoms with Gasteiger partial charge in [-0.05, 0) is 45.0 Å². The number of carbonyl (C=O) groups is 1. The van der Waals surface area contributed by atoms with Crippen molar-refractivity contribution >= 4 is 5.91 Å². The minimum absolute atomic E-state index is 0.161. The normalized spacial score (nSPS) is 29.8. The minimum atomic E-state index is 0.161. The molecule has 4 heteroatoms. The van der Waals surface area contributed by atoms with Gasteiger partial charge in [-0.15, -0.1) is 0 Å². The number of carbonyl (C=O) groups excluding carboxylic acids is 1. The molecule has 3 atom stereocenters. The third-order valence-corrected chi connectivity index (χ3v) is 4.87. The fourth-order valence-corrected chi connectivity index (χ4v) is 3.86. The molecule has 1 amide bonds. The lowest BCUT2D eigenvalue weighted by Crippen LogP contribution is -2.57. The van der Waals surface area contributed by atoms with Crippen LogP contribution in [0.25, 0.3) is 0 Å². The second-order valence-electron chi connectivity index (χ2n) is 6.82. The van der Waals surface area contributed by atoms with E-state index < -0.39 is 0 Å². The van der Waals surface area contributed by atoms with Gasteiger partial charge >= 0.3 is 0 Å². The third kappa shape index (κ3) is 3.03. The van der Waals surface area contributed by atoms with Gasteiger partial charge in [0, 0.05) is 43.3 Å². The molecule has 22 heavy (non-hydrogen) atoms. The zero-order valence-electron chi connectivity index (χ0n) is 13.8. The Morgan fingerprint density at radius 1 is 1.23 bits per heavy atom. The lowest BCUT2D eigenvalue weighted by Gasteiger charge is -2.43. The van der Waals surface area contributed by atoms with Crippen LogP contribution in [0.15, 0.2) is 24.3 Å². The van der Waals surface area contributed by atoms with Crippen LogP contribution in [0.1, 0.15) is 42.1 Å². The lowest BCUT2D eigenvalue weighted by molar-refractivity contribution is 0.0350. The van der Waals surface area contributed by atoms with Crippen LogP contribution in [0, 0.1) is 0 Å². The van der Waals surface area contributed by atoms with Gasteiger partial charge in [0.15, 0.2) is 0 Å². The molecule has 120 valence electrons. The van der Waals surface area contributed by atoms with E-state index in [0.717, 1.165) is 38.3 Å². The first kappa shape index (κ1) is 15.5. The highest BCUT2D eigenvalue weighted by atomic mass is 16.5. The van der Waals surface area contributed by atoms with Gasteiger partial charge in [0.1, 0.15) is 0 Å². The third-order valence-electron chi connectivity index (χ3n) is 4.87. The molecule has 2 saturated heterocycles. The van der Waals surface area contributed by atoms with Crippen LogP contribution in [0.3, 0.4) is 0 Å². The first-order chi connectivity index (χ1) is 10.6. The van der Waals surface area contributed by atoms with Crippen molar-refractivity contribution in [3.8, 4) is 0 Å². The van der Waals surface area contributed by atoms with E-state index in [1.54, 1.807) is 0 Å². The molecule has 0 aromatic heterocycles. The first-order valence-electron chi connectivity index (χ1n) is 8.25. The summed E-state index contributed by atoms with van der Waals surface area (Å²) in [6.45, 7) is 7.75. The Morgan fingerprint density at radius 2 is 1.95 bits per heavy atom. The zero-order valence-corrected chi connectivity index (χ0v) is 13.8. The largest absolute Gasteiger partial charge is 0.381 e. The molecule has 4 nitrogen and oxygen atoms in total. The molecule has 0 saturated carbocycles. The molecule has 0 bridgehead atoms. The van der Waals surface area contributed by atoms with Crippen molar-refractivity contribution in [1.82, 2.24) is 9.80 Å². The van der Waals surface area contributed by atoms with Crippen LogP contribution in [0.2, 0.25) is 0 Å². The Labute approximate surface area is 133 Å². The van der Waals surface area contributed by atoms with Crippen molar-refractivity contribution in [1.29, 1.82) is 0 Å². The Bertz CT molecular complexity index is 528. The number of hydrogen-bond donors (Lipinski definition) is 0. The Morgan fingerprint density at radius 3 is 2.59 bits per heavy atom. The number of benzene rings is 1. The van der Waals surface area contributed by atoms with E-state index in [-0.39, 0.29) is 18.0 Å². The fraction of sp³-hybridized carbons (Fsp3) is 0.611. The van der Waals surface area contributed by atoms with E-state index in [1.165, 1.54) is 5.56 Å². The molecule has 0 radical (unpaired) electrons. The molecule has 2 aliphatic rings. The second kappa shape index (κ2) is 6.39. The summed E-state index contributed by atoms with van der Waals surface area (Å²) < 4.78 is 5.47. The highest BCUT2D eigenvalue weighted by Gasteiger charge is 2.32. The number of hydrogen-bond acceptors (Lipinski definition) is 3. The molecular weight excluding hydrogens is 276 g/mol. The summed E-state index contributed by atoms with van der Waals surface area (Å²) in [7, 11) is 2.12. The molecule has 2 aliphatic heterocycles. The van der Waals surface area contributed by atoms with Crippen molar-refractivity contribution in [3.05, 3.63) is 35.4 Å². The monoisotopic (exact) mass is 302 g/mol. The summed E-state index contributed by atoms with van der Waals surface area (Å²) in [5.41, 5.74) is 2.05. The Balaban J connectivity index is 1.81. The van der Waals surface area contributed by atoms with Gasteiger partial charge in [-0.25, -0.2) is 0 Å². The molecule has 1 aromatic carbocycles. The number of rotatable bonds is 2. The van der Waals surface area contributed by atoms with Crippen LogP contribution in [-0.4, -0.2) is 61.1 Å². The van der Waals surface area contributed by atoms with Gasteiger partial charge in [-0.3, -0.25) is 4.79 Å². The molecule has 1 aromatic rings. The van der Waals surface area contributed by atoms with E-state index in [4.69, 9.17) is 4.74 Å². The summed E-state index contributed by atoms with van der Waals surface area (Å²) in [5, 5.41) is 0. The zero-order chi connectivity index (χ0) is 15.7. The van der Waals surface area contributed by atoms with Crippen molar-refractivity contribution in [3.63, 3.8) is 0 Å². The van der Waals surface area contributed by atoms with Crippen LogP contribution >= 0.6 is 0 Å². The maximum absolute atomic E-state index is 13.0. The number of piperazine rings is 1. The van der Waals surface area contributed by atoms with E-state index >= 15 is 0 Å². The van der Waals surface area contributed by atoms with Crippen LogP contribution < -0.4 is 0 Å². The Kier molecular flexibility index (Phi) is 4.50.